The Hall–Kier alpha value is -0.840. The number of aromatic nitrogens is 2. The van der Waals surface area contributed by atoms with E-state index in [2.05, 4.69) is 26.3 Å². The minimum absolute atomic E-state index is 0.0283. The van der Waals surface area contributed by atoms with E-state index in [4.69, 9.17) is 0 Å². The van der Waals surface area contributed by atoms with Crippen LogP contribution in [-0.2, 0) is 6.54 Å². The van der Waals surface area contributed by atoms with Crippen LogP contribution >= 0.6 is 15.9 Å². The summed E-state index contributed by atoms with van der Waals surface area (Å²) in [6.07, 6.45) is 13.0. The van der Waals surface area contributed by atoms with Crippen LogP contribution < -0.4 is 10.9 Å². The van der Waals surface area contributed by atoms with Crippen molar-refractivity contribution in [1.82, 2.24) is 9.78 Å². The van der Waals surface area contributed by atoms with Gasteiger partial charge >= 0.3 is 0 Å². The van der Waals surface area contributed by atoms with E-state index in [0.717, 1.165) is 23.9 Å². The summed E-state index contributed by atoms with van der Waals surface area (Å²) in [6.45, 7) is 0.769. The van der Waals surface area contributed by atoms with Crippen LogP contribution in [0.2, 0.25) is 0 Å². The van der Waals surface area contributed by atoms with Gasteiger partial charge in [0.15, 0.2) is 0 Å². The summed E-state index contributed by atoms with van der Waals surface area (Å²) in [5.41, 5.74) is 0.733. The van der Waals surface area contributed by atoms with Crippen molar-refractivity contribution in [3.8, 4) is 0 Å². The first kappa shape index (κ1) is 15.1. The minimum Gasteiger partial charge on any atom is -0.377 e. The Bertz CT molecular complexity index is 531. The molecule has 21 heavy (non-hydrogen) atoms. The molecule has 0 bridgehead atoms. The summed E-state index contributed by atoms with van der Waals surface area (Å²) < 4.78 is 2.44. The molecule has 0 spiro atoms. The molecule has 3 rings (SSSR count). The molecular weight excluding hydrogens is 330 g/mol. The normalized spacial score (nSPS) is 20.8. The fraction of sp³-hybridized carbons (Fsp3) is 0.750. The zero-order valence-electron chi connectivity index (χ0n) is 12.5. The second-order valence-electron chi connectivity index (χ2n) is 6.48. The van der Waals surface area contributed by atoms with Crippen LogP contribution in [0.5, 0.6) is 0 Å². The van der Waals surface area contributed by atoms with E-state index in [-0.39, 0.29) is 5.56 Å². The first-order chi connectivity index (χ1) is 10.2. The first-order valence-corrected chi connectivity index (χ1v) is 9.05. The fourth-order valence-electron chi connectivity index (χ4n) is 3.28. The lowest BCUT2D eigenvalue weighted by molar-refractivity contribution is 0.262. The molecule has 2 aliphatic carbocycles. The average Bonchev–Trinajstić information content (AvgIpc) is 2.69. The SMILES string of the molecule is O=c1c(NC2CCCCCC2)c(Br)cnn1CC1CCC1. The summed E-state index contributed by atoms with van der Waals surface area (Å²) in [7, 11) is 0. The molecule has 0 radical (unpaired) electrons. The number of halogens is 1. The van der Waals surface area contributed by atoms with Crippen LogP contribution in [0.3, 0.4) is 0 Å². The molecule has 1 N–H and O–H groups in total. The average molecular weight is 354 g/mol. The Morgan fingerprint density at radius 3 is 2.48 bits per heavy atom. The van der Waals surface area contributed by atoms with Gasteiger partial charge in [-0.15, -0.1) is 0 Å². The molecule has 2 saturated carbocycles. The van der Waals surface area contributed by atoms with Gasteiger partial charge in [-0.05, 0) is 47.5 Å². The summed E-state index contributed by atoms with van der Waals surface area (Å²) in [4.78, 5) is 12.6. The highest BCUT2D eigenvalue weighted by Crippen LogP contribution is 2.28. The highest BCUT2D eigenvalue weighted by Gasteiger charge is 2.21. The molecule has 1 aromatic rings. The second-order valence-corrected chi connectivity index (χ2v) is 7.34. The fourth-order valence-corrected chi connectivity index (χ4v) is 3.65. The third kappa shape index (κ3) is 3.68. The number of nitrogens with one attached hydrogen (secondary N) is 1. The predicted molar refractivity (Wildman–Crippen MR) is 88.7 cm³/mol. The monoisotopic (exact) mass is 353 g/mol. The van der Waals surface area contributed by atoms with Crippen LogP contribution in [-0.4, -0.2) is 15.8 Å². The Kier molecular flexibility index (Phi) is 4.99. The predicted octanol–water partition coefficient (Wildman–Crippen LogP) is 3.94. The highest BCUT2D eigenvalue weighted by molar-refractivity contribution is 9.10. The summed E-state index contributed by atoms with van der Waals surface area (Å²) in [5, 5.41) is 7.78. The molecule has 0 atom stereocenters. The van der Waals surface area contributed by atoms with Crippen molar-refractivity contribution in [3.05, 3.63) is 21.0 Å². The maximum absolute atomic E-state index is 12.6. The van der Waals surface area contributed by atoms with Crippen molar-refractivity contribution in [2.24, 2.45) is 5.92 Å². The highest BCUT2D eigenvalue weighted by atomic mass is 79.9. The van der Waals surface area contributed by atoms with E-state index in [1.807, 2.05) is 0 Å². The Balaban J connectivity index is 1.75. The van der Waals surface area contributed by atoms with E-state index in [1.54, 1.807) is 10.9 Å². The molecule has 2 aliphatic rings. The van der Waals surface area contributed by atoms with Crippen molar-refractivity contribution in [3.63, 3.8) is 0 Å². The van der Waals surface area contributed by atoms with Gasteiger partial charge in [-0.2, -0.15) is 5.10 Å². The number of nitrogens with zero attached hydrogens (tertiary/aromatic N) is 2. The smallest absolute Gasteiger partial charge is 0.291 e. The lowest BCUT2D eigenvalue weighted by Gasteiger charge is -2.26. The number of anilines is 1. The van der Waals surface area contributed by atoms with Crippen molar-refractivity contribution >= 4 is 21.6 Å². The molecular formula is C16H24BrN3O. The molecule has 0 aromatic carbocycles. The van der Waals surface area contributed by atoms with E-state index < -0.39 is 0 Å². The van der Waals surface area contributed by atoms with Crippen LogP contribution in [0.25, 0.3) is 0 Å². The maximum atomic E-state index is 12.6. The molecule has 5 heteroatoms. The van der Waals surface area contributed by atoms with Crippen molar-refractivity contribution in [1.29, 1.82) is 0 Å². The Morgan fingerprint density at radius 1 is 1.14 bits per heavy atom. The third-order valence-corrected chi connectivity index (χ3v) is 5.46. The van der Waals surface area contributed by atoms with Crippen molar-refractivity contribution < 1.29 is 0 Å². The van der Waals surface area contributed by atoms with Crippen molar-refractivity contribution in [2.75, 3.05) is 5.32 Å². The molecule has 0 amide bonds. The van der Waals surface area contributed by atoms with Crippen molar-refractivity contribution in [2.45, 2.75) is 70.4 Å². The zero-order chi connectivity index (χ0) is 14.7. The molecule has 2 fully saturated rings. The number of rotatable bonds is 4. The largest absolute Gasteiger partial charge is 0.377 e. The van der Waals surface area contributed by atoms with Crippen LogP contribution in [0, 0.1) is 5.92 Å². The topological polar surface area (TPSA) is 46.9 Å². The molecule has 0 unspecified atom stereocenters. The lowest BCUT2D eigenvalue weighted by Crippen LogP contribution is -2.33. The molecule has 0 saturated heterocycles. The van der Waals surface area contributed by atoms with Gasteiger partial charge in [0.1, 0.15) is 5.69 Å². The standard InChI is InChI=1S/C16H24BrN3O/c17-14-10-18-20(11-12-6-5-7-12)16(21)15(14)19-13-8-3-1-2-4-9-13/h10,12-13,19H,1-9,11H2. The number of hydrogen-bond donors (Lipinski definition) is 1. The lowest BCUT2D eigenvalue weighted by atomic mass is 9.85. The Labute approximate surface area is 134 Å². The maximum Gasteiger partial charge on any atom is 0.291 e. The van der Waals surface area contributed by atoms with Gasteiger partial charge in [-0.3, -0.25) is 4.79 Å². The van der Waals surface area contributed by atoms with Gasteiger partial charge < -0.3 is 5.32 Å². The zero-order valence-corrected chi connectivity index (χ0v) is 14.1. The molecule has 1 heterocycles. The molecule has 4 nitrogen and oxygen atoms in total. The first-order valence-electron chi connectivity index (χ1n) is 8.26. The van der Waals surface area contributed by atoms with E-state index in [0.29, 0.717) is 17.6 Å². The van der Waals surface area contributed by atoms with Gasteiger partial charge in [0.05, 0.1) is 10.7 Å². The number of hydrogen-bond acceptors (Lipinski definition) is 3. The van der Waals surface area contributed by atoms with Crippen LogP contribution in [0.15, 0.2) is 15.5 Å². The third-order valence-electron chi connectivity index (χ3n) is 4.86. The van der Waals surface area contributed by atoms with E-state index in [1.165, 1.54) is 44.9 Å². The van der Waals surface area contributed by atoms with Crippen LogP contribution in [0.1, 0.15) is 57.8 Å². The van der Waals surface area contributed by atoms with Crippen LogP contribution in [0.4, 0.5) is 5.69 Å². The van der Waals surface area contributed by atoms with Gasteiger partial charge in [-0.25, -0.2) is 4.68 Å². The van der Waals surface area contributed by atoms with Gasteiger partial charge in [-0.1, -0.05) is 32.1 Å². The van der Waals surface area contributed by atoms with E-state index >= 15 is 0 Å². The summed E-state index contributed by atoms with van der Waals surface area (Å²) in [6, 6.07) is 0.427. The Morgan fingerprint density at radius 2 is 1.86 bits per heavy atom. The summed E-state index contributed by atoms with van der Waals surface area (Å²) >= 11 is 3.49. The molecule has 1 aromatic heterocycles. The minimum atomic E-state index is 0.0283. The van der Waals surface area contributed by atoms with E-state index in [9.17, 15) is 4.79 Å². The summed E-state index contributed by atoms with van der Waals surface area (Å²) in [5.74, 6) is 0.641. The molecule has 116 valence electrons. The van der Waals surface area contributed by atoms with Gasteiger partial charge in [0, 0.05) is 12.6 Å². The second kappa shape index (κ2) is 6.95. The molecule has 0 aliphatic heterocycles. The quantitative estimate of drug-likeness (QED) is 0.833. The van der Waals surface area contributed by atoms with Gasteiger partial charge in [0.25, 0.3) is 5.56 Å². The van der Waals surface area contributed by atoms with Gasteiger partial charge in [0.2, 0.25) is 0 Å².